The van der Waals surface area contributed by atoms with Gasteiger partial charge in [-0.3, -0.25) is 0 Å². The summed E-state index contributed by atoms with van der Waals surface area (Å²) in [4.78, 5) is 9.60. The van der Waals surface area contributed by atoms with E-state index < -0.39 is 0 Å². The smallest absolute Gasteiger partial charge is 1.00 e. The molecule has 0 atom stereocenters. The Balaban J connectivity index is -0.000000180. The molecule has 0 aromatic carbocycles. The van der Waals surface area contributed by atoms with Gasteiger partial charge in [0.25, 0.3) is 0 Å². The first kappa shape index (κ1) is 11.4. The van der Waals surface area contributed by atoms with Crippen LogP contribution in [0.2, 0.25) is 0 Å². The minimum Gasteiger partial charge on any atom is -1.00 e. The van der Waals surface area contributed by atoms with Gasteiger partial charge in [0.05, 0.1) is 0 Å². The quantitative estimate of drug-likeness (QED) is 0.256. The van der Waals surface area contributed by atoms with Crippen molar-refractivity contribution in [2.45, 2.75) is 19.3 Å². The number of hydrogen-bond donors (Lipinski definition) is 1. The van der Waals surface area contributed by atoms with Crippen LogP contribution >= 0.6 is 0 Å². The van der Waals surface area contributed by atoms with Gasteiger partial charge >= 0.3 is 29.6 Å². The molecule has 0 saturated heterocycles. The van der Waals surface area contributed by atoms with E-state index in [1.54, 1.807) is 0 Å². The fourth-order valence-corrected chi connectivity index (χ4v) is 0.339. The van der Waals surface area contributed by atoms with Gasteiger partial charge in [-0.05, 0) is 12.8 Å². The van der Waals surface area contributed by atoms with E-state index in [1.807, 2.05) is 0 Å². The summed E-state index contributed by atoms with van der Waals surface area (Å²) in [5, 5.41) is 8.18. The Hall–Kier alpha value is 0.630. The summed E-state index contributed by atoms with van der Waals surface area (Å²) >= 11 is 0. The fourth-order valence-electron chi connectivity index (χ4n) is 0.339. The second-order valence-electron chi connectivity index (χ2n) is 1.39. The number of aliphatic hydroxyl groups excluding tert-OH is 1. The molecule has 0 aliphatic rings. The Labute approximate surface area is 73.1 Å². The molecular weight excluding hydrogens is 115 g/mol. The zero-order valence-electron chi connectivity index (χ0n) is 6.26. The van der Waals surface area contributed by atoms with E-state index >= 15 is 0 Å². The molecule has 0 aromatic rings. The SMILES string of the molecule is O=CCCCCO.[H-].[Na+]. The summed E-state index contributed by atoms with van der Waals surface area (Å²) in [6.07, 6.45) is 3.02. The third-order valence-corrected chi connectivity index (χ3v) is 0.730. The van der Waals surface area contributed by atoms with Crippen LogP contribution in [-0.2, 0) is 4.79 Å². The molecule has 44 valence electrons. The van der Waals surface area contributed by atoms with Crippen molar-refractivity contribution in [3.8, 4) is 0 Å². The van der Waals surface area contributed by atoms with Crippen LogP contribution in [0, 0.1) is 0 Å². The van der Waals surface area contributed by atoms with E-state index in [0.717, 1.165) is 19.1 Å². The molecule has 0 radical (unpaired) electrons. The van der Waals surface area contributed by atoms with Gasteiger partial charge in [0.15, 0.2) is 0 Å². The number of aldehydes is 1. The molecule has 0 heterocycles. The molecule has 0 fully saturated rings. The van der Waals surface area contributed by atoms with E-state index in [2.05, 4.69) is 0 Å². The van der Waals surface area contributed by atoms with Gasteiger partial charge in [0.1, 0.15) is 6.29 Å². The van der Waals surface area contributed by atoms with Gasteiger partial charge in [0, 0.05) is 13.0 Å². The van der Waals surface area contributed by atoms with Crippen molar-refractivity contribution < 1.29 is 40.9 Å². The Morgan fingerprint density at radius 1 is 1.50 bits per heavy atom. The minimum absolute atomic E-state index is 0. The van der Waals surface area contributed by atoms with Crippen LogP contribution in [0.4, 0.5) is 0 Å². The molecule has 0 unspecified atom stereocenters. The second kappa shape index (κ2) is 10.6. The Morgan fingerprint density at radius 2 is 2.12 bits per heavy atom. The average Bonchev–Trinajstić information content (AvgIpc) is 1.69. The molecular formula is C5H11NaO2. The van der Waals surface area contributed by atoms with Gasteiger partial charge < -0.3 is 11.3 Å². The van der Waals surface area contributed by atoms with Gasteiger partial charge in [-0.2, -0.15) is 0 Å². The first-order valence-corrected chi connectivity index (χ1v) is 2.46. The number of aliphatic hydroxyl groups is 1. The van der Waals surface area contributed by atoms with Crippen LogP contribution in [0.5, 0.6) is 0 Å². The fraction of sp³-hybridized carbons (Fsp3) is 0.800. The minimum atomic E-state index is 0. The van der Waals surface area contributed by atoms with Crippen LogP contribution in [-0.4, -0.2) is 18.0 Å². The Morgan fingerprint density at radius 3 is 2.50 bits per heavy atom. The largest absolute Gasteiger partial charge is 1.00 e. The van der Waals surface area contributed by atoms with Gasteiger partial charge in [0.2, 0.25) is 0 Å². The van der Waals surface area contributed by atoms with Crippen molar-refractivity contribution in [1.82, 2.24) is 0 Å². The Bertz CT molecular complexity index is 52.2. The number of rotatable bonds is 4. The topological polar surface area (TPSA) is 37.3 Å². The Kier molecular flexibility index (Phi) is 15.1. The molecule has 0 aliphatic carbocycles. The first-order valence-electron chi connectivity index (χ1n) is 2.46. The number of carbonyl (C=O) groups is 1. The molecule has 2 nitrogen and oxygen atoms in total. The molecule has 0 bridgehead atoms. The van der Waals surface area contributed by atoms with E-state index in [9.17, 15) is 4.79 Å². The van der Waals surface area contributed by atoms with Crippen LogP contribution in [0.1, 0.15) is 20.7 Å². The van der Waals surface area contributed by atoms with Crippen LogP contribution < -0.4 is 29.6 Å². The van der Waals surface area contributed by atoms with Crippen LogP contribution in [0.15, 0.2) is 0 Å². The summed E-state index contributed by atoms with van der Waals surface area (Å²) in [5.74, 6) is 0. The zero-order chi connectivity index (χ0) is 5.54. The molecule has 0 amide bonds. The van der Waals surface area contributed by atoms with Crippen molar-refractivity contribution in [2.75, 3.05) is 6.61 Å². The maximum Gasteiger partial charge on any atom is 1.00 e. The van der Waals surface area contributed by atoms with E-state index in [1.165, 1.54) is 0 Å². The van der Waals surface area contributed by atoms with Crippen molar-refractivity contribution in [1.29, 1.82) is 0 Å². The maximum absolute atomic E-state index is 9.60. The average molecular weight is 126 g/mol. The number of unbranched alkanes of at least 4 members (excludes halogenated alkanes) is 2. The van der Waals surface area contributed by atoms with Crippen molar-refractivity contribution >= 4 is 6.29 Å². The summed E-state index contributed by atoms with van der Waals surface area (Å²) < 4.78 is 0. The number of carbonyl (C=O) groups excluding carboxylic acids is 1. The molecule has 0 saturated carbocycles. The predicted molar refractivity (Wildman–Crippen MR) is 28.1 cm³/mol. The van der Waals surface area contributed by atoms with Crippen LogP contribution in [0.3, 0.4) is 0 Å². The first-order chi connectivity index (χ1) is 3.41. The van der Waals surface area contributed by atoms with Gasteiger partial charge in [-0.1, -0.05) is 0 Å². The molecule has 0 rings (SSSR count). The molecule has 8 heavy (non-hydrogen) atoms. The second-order valence-corrected chi connectivity index (χ2v) is 1.39. The van der Waals surface area contributed by atoms with E-state index in [4.69, 9.17) is 5.11 Å². The molecule has 0 aromatic heterocycles. The van der Waals surface area contributed by atoms with Crippen molar-refractivity contribution in [2.24, 2.45) is 0 Å². The molecule has 0 spiro atoms. The predicted octanol–water partition coefficient (Wildman–Crippen LogP) is -2.54. The van der Waals surface area contributed by atoms with Gasteiger partial charge in [-0.15, -0.1) is 0 Å². The molecule has 0 aliphatic heterocycles. The van der Waals surface area contributed by atoms with Gasteiger partial charge in [-0.25, -0.2) is 0 Å². The standard InChI is InChI=1S/C5H10O2.Na.H/c6-4-2-1-3-5-7;;/h4,7H,1-3,5H2;;/q;+1;-1. The maximum atomic E-state index is 9.60. The monoisotopic (exact) mass is 126 g/mol. The summed E-state index contributed by atoms with van der Waals surface area (Å²) in [6.45, 7) is 0.202. The van der Waals surface area contributed by atoms with E-state index in [-0.39, 0.29) is 37.6 Å². The number of hydrogen-bond acceptors (Lipinski definition) is 2. The third-order valence-electron chi connectivity index (χ3n) is 0.730. The summed E-state index contributed by atoms with van der Waals surface area (Å²) in [7, 11) is 0. The zero-order valence-corrected chi connectivity index (χ0v) is 7.26. The molecule has 3 heteroatoms. The van der Waals surface area contributed by atoms with E-state index in [0.29, 0.717) is 6.42 Å². The summed E-state index contributed by atoms with van der Waals surface area (Å²) in [6, 6.07) is 0. The van der Waals surface area contributed by atoms with Crippen molar-refractivity contribution in [3.05, 3.63) is 0 Å². The van der Waals surface area contributed by atoms with Crippen LogP contribution in [0.25, 0.3) is 0 Å². The van der Waals surface area contributed by atoms with Crippen molar-refractivity contribution in [3.63, 3.8) is 0 Å². The summed E-state index contributed by atoms with van der Waals surface area (Å²) in [5.41, 5.74) is 0. The molecule has 1 N–H and O–H groups in total. The normalized spacial score (nSPS) is 7.62. The third kappa shape index (κ3) is 9.80.